The molecule has 1 aromatic carbocycles. The molecule has 3 aromatic rings. The van der Waals surface area contributed by atoms with E-state index >= 15 is 0 Å². The van der Waals surface area contributed by atoms with Gasteiger partial charge in [0.1, 0.15) is 5.82 Å². The van der Waals surface area contributed by atoms with Gasteiger partial charge < -0.3 is 10.6 Å². The predicted molar refractivity (Wildman–Crippen MR) is 102 cm³/mol. The third-order valence-corrected chi connectivity index (χ3v) is 3.64. The zero-order chi connectivity index (χ0) is 17.5. The Bertz CT molecular complexity index is 788. The Labute approximate surface area is 148 Å². The SMILES string of the molecule is CC(C)CNc1cc(-c2ccccc2)nc(NCc2ccccn2)n1. The summed E-state index contributed by atoms with van der Waals surface area (Å²) >= 11 is 0. The summed E-state index contributed by atoms with van der Waals surface area (Å²) in [6.07, 6.45) is 1.79. The summed E-state index contributed by atoms with van der Waals surface area (Å²) in [5.41, 5.74) is 2.91. The lowest BCUT2D eigenvalue weighted by atomic mass is 10.1. The molecular formula is C20H23N5. The van der Waals surface area contributed by atoms with Gasteiger partial charge in [0.05, 0.1) is 17.9 Å². The predicted octanol–water partition coefficient (Wildman–Crippen LogP) is 4.22. The van der Waals surface area contributed by atoms with Crippen molar-refractivity contribution in [1.82, 2.24) is 15.0 Å². The van der Waals surface area contributed by atoms with E-state index in [1.54, 1.807) is 6.20 Å². The van der Waals surface area contributed by atoms with E-state index in [-0.39, 0.29) is 0 Å². The first-order chi connectivity index (χ1) is 12.2. The largest absolute Gasteiger partial charge is 0.370 e. The molecule has 0 saturated heterocycles. The van der Waals surface area contributed by atoms with Crippen LogP contribution in [-0.2, 0) is 6.54 Å². The number of nitrogens with zero attached hydrogens (tertiary/aromatic N) is 3. The standard InChI is InChI=1S/C20H23N5/c1-15(2)13-22-19-12-18(16-8-4-3-5-9-16)24-20(25-19)23-14-17-10-6-7-11-21-17/h3-12,15H,13-14H2,1-2H3,(H2,22,23,24,25). The van der Waals surface area contributed by atoms with E-state index in [9.17, 15) is 0 Å². The molecule has 0 unspecified atom stereocenters. The van der Waals surface area contributed by atoms with Crippen molar-refractivity contribution in [2.45, 2.75) is 20.4 Å². The topological polar surface area (TPSA) is 62.7 Å². The molecule has 0 aliphatic heterocycles. The average molecular weight is 333 g/mol. The van der Waals surface area contributed by atoms with Gasteiger partial charge in [0.2, 0.25) is 5.95 Å². The molecular weight excluding hydrogens is 310 g/mol. The van der Waals surface area contributed by atoms with Gasteiger partial charge in [-0.15, -0.1) is 0 Å². The normalized spacial score (nSPS) is 10.7. The van der Waals surface area contributed by atoms with Crippen LogP contribution in [0.3, 0.4) is 0 Å². The van der Waals surface area contributed by atoms with Crippen LogP contribution in [0.2, 0.25) is 0 Å². The first-order valence-electron chi connectivity index (χ1n) is 8.53. The number of anilines is 2. The molecule has 2 N–H and O–H groups in total. The van der Waals surface area contributed by atoms with Gasteiger partial charge in [-0.1, -0.05) is 50.2 Å². The third kappa shape index (κ3) is 5.01. The fourth-order valence-corrected chi connectivity index (χ4v) is 2.35. The molecule has 128 valence electrons. The Balaban J connectivity index is 1.83. The van der Waals surface area contributed by atoms with Crippen molar-refractivity contribution >= 4 is 11.8 Å². The molecule has 5 heteroatoms. The Morgan fingerprint density at radius 2 is 1.72 bits per heavy atom. The van der Waals surface area contributed by atoms with Crippen LogP contribution in [0.25, 0.3) is 11.3 Å². The fourth-order valence-electron chi connectivity index (χ4n) is 2.35. The van der Waals surface area contributed by atoms with Crippen molar-refractivity contribution in [3.05, 3.63) is 66.5 Å². The molecule has 0 saturated carbocycles. The number of rotatable bonds is 7. The highest BCUT2D eigenvalue weighted by Crippen LogP contribution is 2.21. The molecule has 25 heavy (non-hydrogen) atoms. The zero-order valence-electron chi connectivity index (χ0n) is 14.6. The van der Waals surface area contributed by atoms with Crippen LogP contribution >= 0.6 is 0 Å². The lowest BCUT2D eigenvalue weighted by Gasteiger charge is -2.12. The minimum Gasteiger partial charge on any atom is -0.370 e. The number of pyridine rings is 1. The Morgan fingerprint density at radius 3 is 2.44 bits per heavy atom. The first kappa shape index (κ1) is 16.9. The molecule has 0 bridgehead atoms. The van der Waals surface area contributed by atoms with E-state index < -0.39 is 0 Å². The summed E-state index contributed by atoms with van der Waals surface area (Å²) in [5, 5.41) is 6.66. The monoisotopic (exact) mass is 333 g/mol. The van der Waals surface area contributed by atoms with E-state index in [0.29, 0.717) is 18.4 Å². The summed E-state index contributed by atoms with van der Waals surface area (Å²) in [7, 11) is 0. The van der Waals surface area contributed by atoms with Crippen LogP contribution < -0.4 is 10.6 Å². The van der Waals surface area contributed by atoms with Gasteiger partial charge in [-0.05, 0) is 18.1 Å². The number of hydrogen-bond acceptors (Lipinski definition) is 5. The minimum absolute atomic E-state index is 0.542. The van der Waals surface area contributed by atoms with Gasteiger partial charge in [-0.3, -0.25) is 4.98 Å². The highest BCUT2D eigenvalue weighted by molar-refractivity contribution is 5.64. The number of hydrogen-bond donors (Lipinski definition) is 2. The lowest BCUT2D eigenvalue weighted by Crippen LogP contribution is -2.12. The van der Waals surface area contributed by atoms with Crippen molar-refractivity contribution in [3.8, 4) is 11.3 Å². The van der Waals surface area contributed by atoms with Crippen LogP contribution in [0.4, 0.5) is 11.8 Å². The minimum atomic E-state index is 0.542. The summed E-state index contributed by atoms with van der Waals surface area (Å²) in [5.74, 6) is 1.96. The smallest absolute Gasteiger partial charge is 0.225 e. The van der Waals surface area contributed by atoms with Gasteiger partial charge >= 0.3 is 0 Å². The van der Waals surface area contributed by atoms with E-state index in [2.05, 4.69) is 51.6 Å². The average Bonchev–Trinajstić information content (AvgIpc) is 2.66. The highest BCUT2D eigenvalue weighted by Gasteiger charge is 2.07. The molecule has 0 amide bonds. The molecule has 3 rings (SSSR count). The van der Waals surface area contributed by atoms with E-state index in [1.165, 1.54) is 0 Å². The van der Waals surface area contributed by atoms with E-state index in [0.717, 1.165) is 29.3 Å². The molecule has 0 fully saturated rings. The van der Waals surface area contributed by atoms with Crippen molar-refractivity contribution < 1.29 is 0 Å². The number of benzene rings is 1. The highest BCUT2D eigenvalue weighted by atomic mass is 15.1. The van der Waals surface area contributed by atoms with Crippen molar-refractivity contribution in [1.29, 1.82) is 0 Å². The van der Waals surface area contributed by atoms with Crippen molar-refractivity contribution in [2.24, 2.45) is 5.92 Å². The van der Waals surface area contributed by atoms with Crippen LogP contribution in [0.15, 0.2) is 60.8 Å². The van der Waals surface area contributed by atoms with Gasteiger partial charge in [-0.25, -0.2) is 4.98 Å². The van der Waals surface area contributed by atoms with Gasteiger partial charge in [0.15, 0.2) is 0 Å². The quantitative estimate of drug-likeness (QED) is 0.678. The lowest BCUT2D eigenvalue weighted by molar-refractivity contribution is 0.687. The van der Waals surface area contributed by atoms with Crippen LogP contribution in [0.1, 0.15) is 19.5 Å². The van der Waals surface area contributed by atoms with Crippen molar-refractivity contribution in [2.75, 3.05) is 17.2 Å². The Morgan fingerprint density at radius 1 is 0.920 bits per heavy atom. The van der Waals surface area contributed by atoms with E-state index in [1.807, 2.05) is 42.5 Å². The second-order valence-electron chi connectivity index (χ2n) is 6.28. The molecule has 0 atom stereocenters. The van der Waals surface area contributed by atoms with Gasteiger partial charge in [0.25, 0.3) is 0 Å². The molecule has 0 spiro atoms. The molecule has 0 aliphatic carbocycles. The van der Waals surface area contributed by atoms with Gasteiger partial charge in [-0.2, -0.15) is 4.98 Å². The molecule has 0 radical (unpaired) electrons. The van der Waals surface area contributed by atoms with Crippen LogP contribution in [0.5, 0.6) is 0 Å². The summed E-state index contributed by atoms with van der Waals surface area (Å²) in [4.78, 5) is 13.6. The summed E-state index contributed by atoms with van der Waals surface area (Å²) < 4.78 is 0. The number of aromatic nitrogens is 3. The van der Waals surface area contributed by atoms with Gasteiger partial charge in [0, 0.05) is 24.4 Å². The van der Waals surface area contributed by atoms with Crippen LogP contribution in [0, 0.1) is 5.92 Å². The molecule has 2 heterocycles. The zero-order valence-corrected chi connectivity index (χ0v) is 14.6. The summed E-state index contributed by atoms with van der Waals surface area (Å²) in [6, 6.07) is 18.0. The maximum Gasteiger partial charge on any atom is 0.225 e. The second kappa shape index (κ2) is 8.24. The maximum absolute atomic E-state index is 4.66. The molecule has 2 aromatic heterocycles. The van der Waals surface area contributed by atoms with Crippen molar-refractivity contribution in [3.63, 3.8) is 0 Å². The Hall–Kier alpha value is -2.95. The Kier molecular flexibility index (Phi) is 5.57. The maximum atomic E-state index is 4.66. The van der Waals surface area contributed by atoms with E-state index in [4.69, 9.17) is 0 Å². The third-order valence-electron chi connectivity index (χ3n) is 3.64. The summed E-state index contributed by atoms with van der Waals surface area (Å²) in [6.45, 7) is 5.80. The second-order valence-corrected chi connectivity index (χ2v) is 6.28. The first-order valence-corrected chi connectivity index (χ1v) is 8.53. The fraction of sp³-hybridized carbons (Fsp3) is 0.250. The molecule has 5 nitrogen and oxygen atoms in total. The number of nitrogens with one attached hydrogen (secondary N) is 2. The van der Waals surface area contributed by atoms with Crippen LogP contribution in [-0.4, -0.2) is 21.5 Å². The molecule has 0 aliphatic rings.